The lowest BCUT2D eigenvalue weighted by Gasteiger charge is -2.05. The third-order valence-corrected chi connectivity index (χ3v) is 3.52. The van der Waals surface area contributed by atoms with Crippen molar-refractivity contribution in [1.29, 1.82) is 0 Å². The number of anilines is 1. The van der Waals surface area contributed by atoms with Gasteiger partial charge in [-0.1, -0.05) is 0 Å². The lowest BCUT2D eigenvalue weighted by atomic mass is 10.3. The predicted molar refractivity (Wildman–Crippen MR) is 72.8 cm³/mol. The number of hydrogen-bond donors (Lipinski definition) is 2. The molecule has 0 atom stereocenters. The average molecular weight is 259 g/mol. The van der Waals surface area contributed by atoms with E-state index in [2.05, 4.69) is 31.3 Å². The number of aromatic nitrogens is 4. The fourth-order valence-corrected chi connectivity index (χ4v) is 2.56. The molecule has 0 aliphatic heterocycles. The fraction of sp³-hybridized carbons (Fsp3) is 0.250. The van der Waals surface area contributed by atoms with Crippen LogP contribution in [0.4, 0.5) is 5.82 Å². The highest BCUT2D eigenvalue weighted by molar-refractivity contribution is 7.16. The van der Waals surface area contributed by atoms with Crippen molar-refractivity contribution in [3.8, 4) is 0 Å². The van der Waals surface area contributed by atoms with Crippen LogP contribution in [-0.2, 0) is 6.42 Å². The van der Waals surface area contributed by atoms with Crippen LogP contribution in [0.1, 0.15) is 12.2 Å². The van der Waals surface area contributed by atoms with Crippen molar-refractivity contribution in [2.24, 2.45) is 0 Å². The number of nitrogens with one attached hydrogen (secondary N) is 2. The van der Waals surface area contributed by atoms with Gasteiger partial charge in [-0.05, 0) is 17.9 Å². The number of imidazole rings is 1. The summed E-state index contributed by atoms with van der Waals surface area (Å²) in [5, 5.41) is 6.48. The molecule has 0 spiro atoms. The van der Waals surface area contributed by atoms with E-state index in [9.17, 15) is 0 Å². The van der Waals surface area contributed by atoms with Crippen LogP contribution in [-0.4, -0.2) is 26.5 Å². The Labute approximate surface area is 108 Å². The highest BCUT2D eigenvalue weighted by Crippen LogP contribution is 2.23. The summed E-state index contributed by atoms with van der Waals surface area (Å²) in [6.45, 7) is 0.878. The summed E-state index contributed by atoms with van der Waals surface area (Å²) in [4.78, 5) is 16.8. The molecule has 0 amide bonds. The summed E-state index contributed by atoms with van der Waals surface area (Å²) in [5.74, 6) is 1.95. The van der Waals surface area contributed by atoms with E-state index in [0.717, 1.165) is 41.2 Å². The van der Waals surface area contributed by atoms with Gasteiger partial charge >= 0.3 is 0 Å². The van der Waals surface area contributed by atoms with Gasteiger partial charge in [0.25, 0.3) is 0 Å². The number of aryl methyl sites for hydroxylation is 1. The third-order valence-electron chi connectivity index (χ3n) is 2.70. The average Bonchev–Trinajstić information content (AvgIpc) is 3.05. The summed E-state index contributed by atoms with van der Waals surface area (Å²) >= 11 is 1.63. The minimum atomic E-state index is 0.878. The molecule has 2 N–H and O–H groups in total. The van der Waals surface area contributed by atoms with Gasteiger partial charge in [-0.2, -0.15) is 0 Å². The van der Waals surface area contributed by atoms with Crippen molar-refractivity contribution < 1.29 is 0 Å². The zero-order valence-electron chi connectivity index (χ0n) is 9.76. The molecule has 3 heterocycles. The van der Waals surface area contributed by atoms with Crippen LogP contribution in [0.5, 0.6) is 0 Å². The van der Waals surface area contributed by atoms with Crippen LogP contribution in [0.2, 0.25) is 0 Å². The van der Waals surface area contributed by atoms with Gasteiger partial charge in [0, 0.05) is 25.4 Å². The number of rotatable bonds is 5. The predicted octanol–water partition coefficient (Wildman–Crippen LogP) is 2.46. The van der Waals surface area contributed by atoms with Gasteiger partial charge < -0.3 is 10.3 Å². The van der Waals surface area contributed by atoms with E-state index in [4.69, 9.17) is 0 Å². The number of hydrogen-bond acceptors (Lipinski definition) is 5. The van der Waals surface area contributed by atoms with Crippen molar-refractivity contribution >= 4 is 27.4 Å². The summed E-state index contributed by atoms with van der Waals surface area (Å²) in [6, 6.07) is 2.05. The van der Waals surface area contributed by atoms with E-state index in [-0.39, 0.29) is 0 Å². The molecule has 0 fully saturated rings. The maximum absolute atomic E-state index is 4.27. The topological polar surface area (TPSA) is 66.5 Å². The summed E-state index contributed by atoms with van der Waals surface area (Å²) in [5.41, 5.74) is 0. The van der Waals surface area contributed by atoms with Crippen molar-refractivity contribution in [3.05, 3.63) is 36.0 Å². The van der Waals surface area contributed by atoms with E-state index in [0.29, 0.717) is 0 Å². The molecule has 18 heavy (non-hydrogen) atoms. The molecule has 0 saturated heterocycles. The number of aromatic amines is 1. The zero-order chi connectivity index (χ0) is 12.2. The van der Waals surface area contributed by atoms with Crippen LogP contribution in [0, 0.1) is 0 Å². The van der Waals surface area contributed by atoms with Crippen molar-refractivity contribution in [2.45, 2.75) is 12.8 Å². The van der Waals surface area contributed by atoms with E-state index < -0.39 is 0 Å². The van der Waals surface area contributed by atoms with Crippen molar-refractivity contribution in [1.82, 2.24) is 19.9 Å². The fourth-order valence-electron chi connectivity index (χ4n) is 1.83. The second-order valence-electron chi connectivity index (χ2n) is 3.93. The Bertz CT molecular complexity index is 616. The first-order valence-corrected chi connectivity index (χ1v) is 6.72. The summed E-state index contributed by atoms with van der Waals surface area (Å²) in [6.07, 6.45) is 7.19. The molecule has 0 aliphatic carbocycles. The highest BCUT2D eigenvalue weighted by Gasteiger charge is 2.03. The molecule has 6 heteroatoms. The number of nitrogens with zero attached hydrogens (tertiary/aromatic N) is 3. The molecule has 5 nitrogen and oxygen atoms in total. The smallest absolute Gasteiger partial charge is 0.138 e. The highest BCUT2D eigenvalue weighted by atomic mass is 32.1. The molecule has 0 aromatic carbocycles. The van der Waals surface area contributed by atoms with Crippen molar-refractivity contribution in [2.75, 3.05) is 11.9 Å². The van der Waals surface area contributed by atoms with Gasteiger partial charge in [-0.3, -0.25) is 0 Å². The maximum Gasteiger partial charge on any atom is 0.138 e. The van der Waals surface area contributed by atoms with Gasteiger partial charge in [-0.25, -0.2) is 15.0 Å². The molecule has 92 valence electrons. The Morgan fingerprint density at radius 2 is 2.28 bits per heavy atom. The van der Waals surface area contributed by atoms with E-state index in [1.165, 1.54) is 0 Å². The maximum atomic E-state index is 4.27. The number of H-pyrrole nitrogens is 1. The van der Waals surface area contributed by atoms with E-state index >= 15 is 0 Å². The first-order chi connectivity index (χ1) is 8.93. The van der Waals surface area contributed by atoms with Gasteiger partial charge in [0.05, 0.1) is 5.39 Å². The molecule has 0 bridgehead atoms. The Morgan fingerprint density at radius 3 is 3.17 bits per heavy atom. The second-order valence-corrected chi connectivity index (χ2v) is 4.82. The SMILES string of the molecule is c1c[nH]c(CCCNc2ncnc3sccc23)n1. The van der Waals surface area contributed by atoms with Crippen LogP contribution in [0.25, 0.3) is 10.2 Å². The molecule has 0 unspecified atom stereocenters. The normalized spacial score (nSPS) is 10.9. The molecular weight excluding hydrogens is 246 g/mol. The Morgan fingerprint density at radius 1 is 1.28 bits per heavy atom. The first-order valence-electron chi connectivity index (χ1n) is 5.84. The molecular formula is C12H13N5S. The quantitative estimate of drug-likeness (QED) is 0.691. The lowest BCUT2D eigenvalue weighted by molar-refractivity contribution is 0.814. The minimum Gasteiger partial charge on any atom is -0.369 e. The summed E-state index contributed by atoms with van der Waals surface area (Å²) in [7, 11) is 0. The Kier molecular flexibility index (Phi) is 3.18. The largest absolute Gasteiger partial charge is 0.369 e. The van der Waals surface area contributed by atoms with Gasteiger partial charge in [0.2, 0.25) is 0 Å². The van der Waals surface area contributed by atoms with Crippen molar-refractivity contribution in [3.63, 3.8) is 0 Å². The molecule has 3 aromatic heterocycles. The van der Waals surface area contributed by atoms with Gasteiger partial charge in [0.15, 0.2) is 0 Å². The van der Waals surface area contributed by atoms with Crippen LogP contribution >= 0.6 is 11.3 Å². The molecule has 0 radical (unpaired) electrons. The lowest BCUT2D eigenvalue weighted by Crippen LogP contribution is -2.05. The van der Waals surface area contributed by atoms with E-state index in [1.807, 2.05) is 11.6 Å². The van der Waals surface area contributed by atoms with Crippen LogP contribution < -0.4 is 5.32 Å². The first kappa shape index (κ1) is 11.2. The van der Waals surface area contributed by atoms with E-state index in [1.54, 1.807) is 23.9 Å². The summed E-state index contributed by atoms with van der Waals surface area (Å²) < 4.78 is 0. The third kappa shape index (κ3) is 2.33. The number of thiophene rings is 1. The van der Waals surface area contributed by atoms with Gasteiger partial charge in [-0.15, -0.1) is 11.3 Å². The standard InChI is InChI=1S/C12H13N5S/c1(2-10-13-5-6-14-10)4-15-11-9-3-7-18-12(9)17-8-16-11/h3,5-8H,1-2,4H2,(H,13,14)(H,15,16,17). The minimum absolute atomic E-state index is 0.878. The molecule has 0 aliphatic rings. The molecule has 3 aromatic rings. The number of fused-ring (bicyclic) bond motifs is 1. The molecule has 3 rings (SSSR count). The second kappa shape index (κ2) is 5.14. The van der Waals surface area contributed by atoms with Crippen LogP contribution in [0.15, 0.2) is 30.2 Å². The monoisotopic (exact) mass is 259 g/mol. The van der Waals surface area contributed by atoms with Crippen LogP contribution in [0.3, 0.4) is 0 Å². The zero-order valence-corrected chi connectivity index (χ0v) is 10.6. The Hall–Kier alpha value is -1.95. The molecule has 0 saturated carbocycles. The van der Waals surface area contributed by atoms with Gasteiger partial charge in [0.1, 0.15) is 22.8 Å². The Balaban J connectivity index is 1.58.